The van der Waals surface area contributed by atoms with E-state index in [2.05, 4.69) is 19.9 Å². The fourth-order valence-corrected chi connectivity index (χ4v) is 4.74. The standard InChI is InChI=1S/C27H19N5O7S/c33-23-13-10-18(15-22(23)27(36)39-16-32-25(34)20-5-1-2-6-21(20)26(32)35)30-29-17-8-11-19(12-9-17)40(37,38)31-24-7-3-4-14-28-24/h1-15,33H,16H2,(H,28,31)/b30-29+. The lowest BCUT2D eigenvalue weighted by Crippen LogP contribution is -2.33. The van der Waals surface area contributed by atoms with Crippen LogP contribution >= 0.6 is 0 Å². The highest BCUT2D eigenvalue weighted by Crippen LogP contribution is 2.27. The van der Waals surface area contributed by atoms with Crippen LogP contribution in [0.4, 0.5) is 17.2 Å². The van der Waals surface area contributed by atoms with Gasteiger partial charge in [-0.05, 0) is 66.7 Å². The SMILES string of the molecule is O=C(OCN1C(=O)c2ccccc2C1=O)c1cc(/N=N/c2ccc(S(=O)(=O)Nc3ccccn3)cc2)ccc1O. The molecule has 0 spiro atoms. The Bertz CT molecular complexity index is 1720. The van der Waals surface area contributed by atoms with Crippen molar-refractivity contribution in [1.29, 1.82) is 0 Å². The number of sulfonamides is 1. The first kappa shape index (κ1) is 26.2. The van der Waals surface area contributed by atoms with Crippen LogP contribution in [0, 0.1) is 0 Å². The lowest BCUT2D eigenvalue weighted by molar-refractivity contribution is 0.0226. The van der Waals surface area contributed by atoms with Gasteiger partial charge in [0.15, 0.2) is 6.73 Å². The number of ether oxygens (including phenoxy) is 1. The number of aromatic nitrogens is 1. The molecule has 4 aromatic rings. The van der Waals surface area contributed by atoms with Gasteiger partial charge in [0.05, 0.1) is 27.4 Å². The van der Waals surface area contributed by atoms with Crippen LogP contribution in [0.15, 0.2) is 106 Å². The molecular weight excluding hydrogens is 538 g/mol. The van der Waals surface area contributed by atoms with Gasteiger partial charge in [-0.15, -0.1) is 0 Å². The van der Waals surface area contributed by atoms with Crippen molar-refractivity contribution in [3.05, 3.63) is 108 Å². The van der Waals surface area contributed by atoms with Crippen molar-refractivity contribution < 1.29 is 32.6 Å². The van der Waals surface area contributed by atoms with Crippen LogP contribution in [0.25, 0.3) is 0 Å². The largest absolute Gasteiger partial charge is 0.507 e. The number of esters is 1. The Balaban J connectivity index is 1.24. The van der Waals surface area contributed by atoms with Gasteiger partial charge in [-0.25, -0.2) is 23.1 Å². The molecule has 13 heteroatoms. The fourth-order valence-electron chi connectivity index (χ4n) is 3.73. The third kappa shape index (κ3) is 5.39. The number of imide groups is 1. The van der Waals surface area contributed by atoms with Crippen LogP contribution < -0.4 is 4.72 Å². The lowest BCUT2D eigenvalue weighted by Gasteiger charge is -2.14. The van der Waals surface area contributed by atoms with E-state index in [9.17, 15) is 27.9 Å². The molecule has 0 bridgehead atoms. The summed E-state index contributed by atoms with van der Waals surface area (Å²) in [6, 6.07) is 20.5. The average Bonchev–Trinajstić information content (AvgIpc) is 3.20. The van der Waals surface area contributed by atoms with E-state index in [0.29, 0.717) is 5.69 Å². The summed E-state index contributed by atoms with van der Waals surface area (Å²) in [5.41, 5.74) is 0.668. The Labute approximate surface area is 227 Å². The molecule has 0 radical (unpaired) electrons. The monoisotopic (exact) mass is 557 g/mol. The van der Waals surface area contributed by atoms with E-state index in [1.165, 1.54) is 66.9 Å². The van der Waals surface area contributed by atoms with E-state index in [-0.39, 0.29) is 33.1 Å². The highest BCUT2D eigenvalue weighted by atomic mass is 32.2. The van der Waals surface area contributed by atoms with Gasteiger partial charge < -0.3 is 9.84 Å². The van der Waals surface area contributed by atoms with E-state index in [4.69, 9.17) is 4.74 Å². The maximum absolute atomic E-state index is 12.6. The zero-order chi connectivity index (χ0) is 28.3. The third-order valence-corrected chi connectivity index (χ3v) is 7.11. The number of rotatable bonds is 8. The van der Waals surface area contributed by atoms with E-state index in [0.717, 1.165) is 4.90 Å². The second-order valence-corrected chi connectivity index (χ2v) is 10.0. The quantitative estimate of drug-likeness (QED) is 0.182. The molecule has 200 valence electrons. The van der Waals surface area contributed by atoms with Crippen LogP contribution in [0.2, 0.25) is 0 Å². The molecule has 1 aliphatic rings. The zero-order valence-electron chi connectivity index (χ0n) is 20.5. The first-order valence-corrected chi connectivity index (χ1v) is 13.1. The van der Waals surface area contributed by atoms with Gasteiger partial charge in [0.25, 0.3) is 21.8 Å². The molecule has 1 aliphatic heterocycles. The van der Waals surface area contributed by atoms with Crippen molar-refractivity contribution in [2.75, 3.05) is 11.5 Å². The Morgan fingerprint density at radius 2 is 1.50 bits per heavy atom. The number of benzene rings is 3. The Morgan fingerprint density at radius 3 is 2.15 bits per heavy atom. The van der Waals surface area contributed by atoms with Gasteiger partial charge in [0.1, 0.15) is 17.1 Å². The Morgan fingerprint density at radius 1 is 0.875 bits per heavy atom. The van der Waals surface area contributed by atoms with Gasteiger partial charge in [0, 0.05) is 6.20 Å². The van der Waals surface area contributed by atoms with Crippen LogP contribution in [0.5, 0.6) is 5.75 Å². The molecule has 2 amide bonds. The summed E-state index contributed by atoms with van der Waals surface area (Å²) in [5.74, 6) is -2.39. The summed E-state index contributed by atoms with van der Waals surface area (Å²) >= 11 is 0. The number of carbonyl (C=O) groups is 3. The van der Waals surface area contributed by atoms with Crippen LogP contribution in [-0.4, -0.2) is 47.9 Å². The zero-order valence-corrected chi connectivity index (χ0v) is 21.3. The topological polar surface area (TPSA) is 168 Å². The maximum Gasteiger partial charge on any atom is 0.343 e. The number of azo groups is 1. The number of anilines is 1. The third-order valence-electron chi connectivity index (χ3n) is 5.73. The smallest absolute Gasteiger partial charge is 0.343 e. The minimum atomic E-state index is -3.86. The van der Waals surface area contributed by atoms with Gasteiger partial charge >= 0.3 is 5.97 Å². The minimum Gasteiger partial charge on any atom is -0.507 e. The number of phenolic OH excluding ortho intramolecular Hbond substituents is 1. The van der Waals surface area contributed by atoms with Crippen LogP contribution in [-0.2, 0) is 14.8 Å². The number of hydrogen-bond acceptors (Lipinski definition) is 10. The van der Waals surface area contributed by atoms with E-state index in [1.807, 2.05) is 0 Å². The van der Waals surface area contributed by atoms with E-state index in [1.54, 1.807) is 24.3 Å². The second-order valence-electron chi connectivity index (χ2n) is 8.36. The molecule has 5 rings (SSSR count). The van der Waals surface area contributed by atoms with Crippen LogP contribution in [0.1, 0.15) is 31.1 Å². The number of phenols is 1. The van der Waals surface area contributed by atoms with Gasteiger partial charge in [-0.1, -0.05) is 18.2 Å². The van der Waals surface area contributed by atoms with Crippen molar-refractivity contribution in [3.8, 4) is 5.75 Å². The number of hydrogen-bond donors (Lipinski definition) is 2. The first-order chi connectivity index (χ1) is 19.2. The van der Waals surface area contributed by atoms with Crippen molar-refractivity contribution >= 4 is 45.0 Å². The highest BCUT2D eigenvalue weighted by Gasteiger charge is 2.36. The van der Waals surface area contributed by atoms with Crippen LogP contribution in [0.3, 0.4) is 0 Å². The molecule has 0 aliphatic carbocycles. The predicted octanol–water partition coefficient (Wildman–Crippen LogP) is 4.41. The molecule has 2 heterocycles. The summed E-state index contributed by atoms with van der Waals surface area (Å²) in [6.45, 7) is -0.638. The van der Waals surface area contributed by atoms with Gasteiger partial charge in [0.2, 0.25) is 0 Å². The number of aromatic hydroxyl groups is 1. The van der Waals surface area contributed by atoms with Gasteiger partial charge in [-0.2, -0.15) is 10.2 Å². The first-order valence-electron chi connectivity index (χ1n) is 11.6. The normalized spacial score (nSPS) is 12.9. The molecule has 40 heavy (non-hydrogen) atoms. The van der Waals surface area contributed by atoms with Crippen molar-refractivity contribution in [1.82, 2.24) is 9.88 Å². The molecular formula is C27H19N5O7S. The number of pyridine rings is 1. The molecule has 3 aromatic carbocycles. The fraction of sp³-hybridized carbons (Fsp3) is 0.0370. The minimum absolute atomic E-state index is 0.00942. The van der Waals surface area contributed by atoms with E-state index >= 15 is 0 Å². The molecule has 1 aromatic heterocycles. The summed E-state index contributed by atoms with van der Waals surface area (Å²) in [6.07, 6.45) is 1.46. The number of nitrogens with zero attached hydrogens (tertiary/aromatic N) is 4. The number of carbonyl (C=O) groups excluding carboxylic acids is 3. The van der Waals surface area contributed by atoms with E-state index < -0.39 is 40.3 Å². The molecule has 0 fully saturated rings. The molecule has 0 saturated heterocycles. The number of amides is 2. The van der Waals surface area contributed by atoms with Crippen molar-refractivity contribution in [2.45, 2.75) is 4.90 Å². The summed E-state index contributed by atoms with van der Waals surface area (Å²) in [4.78, 5) is 42.2. The molecule has 2 N–H and O–H groups in total. The van der Waals surface area contributed by atoms with Crippen molar-refractivity contribution in [3.63, 3.8) is 0 Å². The summed E-state index contributed by atoms with van der Waals surface area (Å²) in [7, 11) is -3.86. The predicted molar refractivity (Wildman–Crippen MR) is 141 cm³/mol. The summed E-state index contributed by atoms with van der Waals surface area (Å²) in [5, 5.41) is 18.2. The lowest BCUT2D eigenvalue weighted by atomic mass is 10.1. The number of fused-ring (bicyclic) bond motifs is 1. The Kier molecular flexibility index (Phi) is 7.03. The molecule has 0 unspecified atom stereocenters. The molecule has 12 nitrogen and oxygen atoms in total. The molecule has 0 saturated carbocycles. The summed E-state index contributed by atoms with van der Waals surface area (Å²) < 4.78 is 32.6. The second kappa shape index (κ2) is 10.7. The van der Waals surface area contributed by atoms with Crippen molar-refractivity contribution in [2.24, 2.45) is 10.2 Å². The molecule has 0 atom stereocenters. The van der Waals surface area contributed by atoms with Gasteiger partial charge in [-0.3, -0.25) is 14.3 Å². The Hall–Kier alpha value is -5.43. The number of nitrogens with one attached hydrogen (secondary N) is 1. The maximum atomic E-state index is 12.6. The highest BCUT2D eigenvalue weighted by molar-refractivity contribution is 7.92. The average molecular weight is 558 g/mol.